The molecule has 3 rings (SSSR count). The van der Waals surface area contributed by atoms with E-state index in [0.717, 1.165) is 0 Å². The number of carboxylic acid groups (broad SMARTS) is 2. The summed E-state index contributed by atoms with van der Waals surface area (Å²) >= 11 is 0. The summed E-state index contributed by atoms with van der Waals surface area (Å²) in [5.74, 6) is -6.01. The SMILES string of the molecule is O=C([O-])C(F)(F)F.O=C([O-])C(F)(F)F.c1cc2c[n+](c1)CCCCCCCCCCCCc1ccc[n+](c1)CCCCCCCCCCCC2. The zero-order chi connectivity index (χ0) is 37.1. The number of halogens is 6. The van der Waals surface area contributed by atoms with Gasteiger partial charge in [-0.3, -0.25) is 0 Å². The number of pyridine rings is 2. The van der Waals surface area contributed by atoms with Crippen molar-refractivity contribution in [3.63, 3.8) is 0 Å². The Morgan fingerprint density at radius 3 is 0.960 bits per heavy atom. The number of hydrogen-bond acceptors (Lipinski definition) is 4. The van der Waals surface area contributed by atoms with Crippen LogP contribution in [0.15, 0.2) is 49.1 Å². The molecule has 50 heavy (non-hydrogen) atoms. The van der Waals surface area contributed by atoms with Crippen LogP contribution in [0.4, 0.5) is 26.3 Å². The van der Waals surface area contributed by atoms with Gasteiger partial charge < -0.3 is 19.8 Å². The zero-order valence-corrected chi connectivity index (χ0v) is 29.4. The first-order chi connectivity index (χ1) is 23.8. The van der Waals surface area contributed by atoms with Crippen LogP contribution >= 0.6 is 0 Å². The van der Waals surface area contributed by atoms with E-state index in [9.17, 15) is 26.3 Å². The number of carbonyl (C=O) groups is 2. The molecule has 0 atom stereocenters. The van der Waals surface area contributed by atoms with Crippen molar-refractivity contribution in [1.29, 1.82) is 0 Å². The second-order valence-corrected chi connectivity index (χ2v) is 13.0. The number of alkyl halides is 6. The molecule has 0 saturated carbocycles. The summed E-state index contributed by atoms with van der Waals surface area (Å²) in [6.07, 6.45) is 29.5. The number of carbonyl (C=O) groups excluding carboxylic acids is 2. The van der Waals surface area contributed by atoms with Crippen LogP contribution < -0.4 is 19.3 Å². The maximum atomic E-state index is 10.5. The Morgan fingerprint density at radius 2 is 0.700 bits per heavy atom. The van der Waals surface area contributed by atoms with E-state index in [-0.39, 0.29) is 0 Å². The van der Waals surface area contributed by atoms with Gasteiger partial charge in [0.05, 0.1) is 0 Å². The van der Waals surface area contributed by atoms with E-state index >= 15 is 0 Å². The van der Waals surface area contributed by atoms with Gasteiger partial charge in [0.2, 0.25) is 0 Å². The van der Waals surface area contributed by atoms with Crippen LogP contribution in [0.3, 0.4) is 0 Å². The number of carboxylic acids is 2. The van der Waals surface area contributed by atoms with Crippen molar-refractivity contribution >= 4 is 11.9 Å². The minimum Gasteiger partial charge on any atom is -0.542 e. The Bertz CT molecular complexity index is 1040. The van der Waals surface area contributed by atoms with Crippen molar-refractivity contribution in [3.8, 4) is 0 Å². The first-order valence-electron chi connectivity index (χ1n) is 18.3. The largest absolute Gasteiger partial charge is 0.542 e. The van der Waals surface area contributed by atoms with Crippen LogP contribution in [0.25, 0.3) is 0 Å². The van der Waals surface area contributed by atoms with Crippen LogP contribution in [-0.4, -0.2) is 24.3 Å². The minimum atomic E-state index is -5.19. The maximum absolute atomic E-state index is 10.5. The molecule has 2 aromatic rings. The van der Waals surface area contributed by atoms with Gasteiger partial charge in [-0.25, -0.2) is 9.13 Å². The first-order valence-corrected chi connectivity index (χ1v) is 18.3. The lowest BCUT2D eigenvalue weighted by Gasteiger charge is -2.05. The average Bonchev–Trinajstić information content (AvgIpc) is 3.05. The standard InChI is InChI=1S/C34H56N2.2C2HF3O2/c1-3-7-11-15-19-27-35-29-22-26-34(32-35)24-18-14-10-6-2-4-8-12-16-20-28-36-30-21-25-33(31-36)23-17-13-9-5-1;2*3-2(4,5)1(6)7/h21-22,25-26,29-32H,1-20,23-24,27-28H2;2*(H,6,7)/q+2;;/p-2. The summed E-state index contributed by atoms with van der Waals surface area (Å²) in [6, 6.07) is 9.17. The van der Waals surface area contributed by atoms with Gasteiger partial charge in [0.25, 0.3) is 0 Å². The monoisotopic (exact) mass is 718 g/mol. The molecule has 1 aliphatic rings. The van der Waals surface area contributed by atoms with Crippen LogP contribution in [-0.2, 0) is 35.5 Å². The maximum Gasteiger partial charge on any atom is 0.430 e. The van der Waals surface area contributed by atoms with E-state index in [0.29, 0.717) is 0 Å². The van der Waals surface area contributed by atoms with E-state index in [4.69, 9.17) is 19.8 Å². The average molecular weight is 719 g/mol. The molecule has 1 aliphatic heterocycles. The summed E-state index contributed by atoms with van der Waals surface area (Å²) < 4.78 is 68.0. The van der Waals surface area contributed by atoms with E-state index < -0.39 is 24.3 Å². The normalized spacial score (nSPS) is 17.4. The molecule has 0 radical (unpaired) electrons. The fourth-order valence-corrected chi connectivity index (χ4v) is 5.80. The van der Waals surface area contributed by atoms with E-state index in [1.807, 2.05) is 0 Å². The molecule has 2 aromatic heterocycles. The van der Waals surface area contributed by atoms with Crippen LogP contribution in [0.2, 0.25) is 0 Å². The Balaban J connectivity index is 0.000000748. The van der Waals surface area contributed by atoms with Crippen LogP contribution in [0, 0.1) is 0 Å². The third kappa shape index (κ3) is 24.9. The Labute approximate surface area is 293 Å². The molecule has 0 saturated heterocycles. The third-order valence-electron chi connectivity index (χ3n) is 8.57. The molecule has 12 heteroatoms. The van der Waals surface area contributed by atoms with Gasteiger partial charge in [0.15, 0.2) is 24.8 Å². The van der Waals surface area contributed by atoms with Crippen molar-refractivity contribution in [1.82, 2.24) is 0 Å². The summed E-state index contributed by atoms with van der Waals surface area (Å²) in [5.41, 5.74) is 3.06. The van der Waals surface area contributed by atoms with E-state index in [2.05, 4.69) is 58.2 Å². The summed E-state index contributed by atoms with van der Waals surface area (Å²) in [4.78, 5) is 17.6. The predicted octanol–water partition coefficient (Wildman–Crippen LogP) is 7.46. The fraction of sp³-hybridized carbons (Fsp3) is 0.684. The minimum absolute atomic E-state index is 1.19. The second-order valence-electron chi connectivity index (χ2n) is 13.0. The molecule has 4 bridgehead atoms. The number of hydrogen-bond donors (Lipinski definition) is 0. The molecular weight excluding hydrogens is 662 g/mol. The molecule has 0 unspecified atom stereocenters. The molecule has 284 valence electrons. The molecule has 0 spiro atoms. The van der Waals surface area contributed by atoms with Gasteiger partial charge in [-0.05, 0) is 50.7 Å². The smallest absolute Gasteiger partial charge is 0.430 e. The first kappa shape index (κ1) is 44.8. The molecular formula is C38H56F6N2O4. The van der Waals surface area contributed by atoms with Crippen molar-refractivity contribution < 1.29 is 55.3 Å². The van der Waals surface area contributed by atoms with Gasteiger partial charge in [-0.2, -0.15) is 26.3 Å². The lowest BCUT2D eigenvalue weighted by Crippen LogP contribution is -2.37. The van der Waals surface area contributed by atoms with Crippen molar-refractivity contribution in [2.45, 2.75) is 167 Å². The Hall–Kier alpha value is -3.18. The fourth-order valence-electron chi connectivity index (χ4n) is 5.80. The Morgan fingerprint density at radius 1 is 0.460 bits per heavy atom. The molecule has 6 nitrogen and oxygen atoms in total. The number of fused-ring (bicyclic) bond motifs is 4. The molecule has 0 fully saturated rings. The molecule has 0 aliphatic carbocycles. The van der Waals surface area contributed by atoms with Gasteiger partial charge >= 0.3 is 12.4 Å². The number of aromatic nitrogens is 2. The third-order valence-corrected chi connectivity index (χ3v) is 8.57. The van der Waals surface area contributed by atoms with Gasteiger partial charge in [0.1, 0.15) is 25.0 Å². The quantitative estimate of drug-likeness (QED) is 0.209. The van der Waals surface area contributed by atoms with E-state index in [1.54, 1.807) is 0 Å². The number of aryl methyl sites for hydroxylation is 4. The van der Waals surface area contributed by atoms with E-state index in [1.165, 1.54) is 165 Å². The highest BCUT2D eigenvalue weighted by Gasteiger charge is 2.29. The van der Waals surface area contributed by atoms with Crippen molar-refractivity contribution in [2.75, 3.05) is 0 Å². The lowest BCUT2D eigenvalue weighted by atomic mass is 10.0. The number of nitrogens with zero attached hydrogens (tertiary/aromatic N) is 2. The lowest BCUT2D eigenvalue weighted by molar-refractivity contribution is -0.697. The molecule has 0 aromatic carbocycles. The number of aliphatic carboxylic acids is 2. The highest BCUT2D eigenvalue weighted by Crippen LogP contribution is 2.15. The van der Waals surface area contributed by atoms with Crippen LogP contribution in [0.1, 0.15) is 140 Å². The van der Waals surface area contributed by atoms with Gasteiger partial charge in [0, 0.05) is 36.1 Å². The molecule has 3 heterocycles. The molecule has 0 N–H and O–H groups in total. The summed E-state index contributed by atoms with van der Waals surface area (Å²) in [7, 11) is 0. The summed E-state index contributed by atoms with van der Waals surface area (Å²) in [6.45, 7) is 2.38. The highest BCUT2D eigenvalue weighted by molar-refractivity contribution is 5.71. The zero-order valence-electron chi connectivity index (χ0n) is 29.4. The Kier molecular flexibility index (Phi) is 23.9. The molecule has 0 amide bonds. The number of rotatable bonds is 0. The van der Waals surface area contributed by atoms with Crippen molar-refractivity contribution in [2.24, 2.45) is 0 Å². The van der Waals surface area contributed by atoms with Gasteiger partial charge in [-0.15, -0.1) is 0 Å². The highest BCUT2D eigenvalue weighted by atomic mass is 19.4. The topological polar surface area (TPSA) is 88.0 Å². The predicted molar refractivity (Wildman–Crippen MR) is 175 cm³/mol. The van der Waals surface area contributed by atoms with Crippen molar-refractivity contribution in [3.05, 3.63) is 60.2 Å². The van der Waals surface area contributed by atoms with Gasteiger partial charge in [-0.1, -0.05) is 89.9 Å². The van der Waals surface area contributed by atoms with Crippen LogP contribution in [0.5, 0.6) is 0 Å². The summed E-state index contributed by atoms with van der Waals surface area (Å²) in [5, 5.41) is 17.6. The second kappa shape index (κ2) is 26.6.